The Morgan fingerprint density at radius 1 is 1.15 bits per heavy atom. The summed E-state index contributed by atoms with van der Waals surface area (Å²) < 4.78 is 0. The molecular formula is C27H40N4O3. The highest BCUT2D eigenvalue weighted by Gasteiger charge is 2.34. The van der Waals surface area contributed by atoms with E-state index in [4.69, 9.17) is 9.97 Å². The van der Waals surface area contributed by atoms with Crippen LogP contribution < -0.4 is 4.90 Å². The van der Waals surface area contributed by atoms with Crippen molar-refractivity contribution in [3.8, 4) is 11.4 Å². The zero-order chi connectivity index (χ0) is 24.4. The number of carbonyl (C=O) groups is 1. The molecule has 1 aliphatic heterocycles. The van der Waals surface area contributed by atoms with E-state index in [9.17, 15) is 15.0 Å². The molecule has 1 aromatic heterocycles. The normalized spacial score (nSPS) is 17.4. The predicted octanol–water partition coefficient (Wildman–Crippen LogP) is 4.07. The molecule has 2 heterocycles. The summed E-state index contributed by atoms with van der Waals surface area (Å²) in [6.45, 7) is 9.28. The molecule has 1 saturated heterocycles. The number of benzene rings is 2. The van der Waals surface area contributed by atoms with Gasteiger partial charge in [0.25, 0.3) is 5.91 Å². The van der Waals surface area contributed by atoms with Gasteiger partial charge in [-0.25, -0.2) is 9.97 Å². The highest BCUT2D eigenvalue weighted by molar-refractivity contribution is 5.92. The lowest BCUT2D eigenvalue weighted by Gasteiger charge is -2.42. The smallest absolute Gasteiger partial charge is 0.251 e. The number of fused-ring (bicyclic) bond motifs is 1. The monoisotopic (exact) mass is 468 g/mol. The summed E-state index contributed by atoms with van der Waals surface area (Å²) in [6.07, 6.45) is -0.636. The van der Waals surface area contributed by atoms with Crippen LogP contribution in [0.4, 0.5) is 5.82 Å². The van der Waals surface area contributed by atoms with Crippen LogP contribution in [0, 0.1) is 19.8 Å². The minimum Gasteiger partial charge on any atom is -0.394 e. The average molecular weight is 469 g/mol. The molecule has 7 heteroatoms. The van der Waals surface area contributed by atoms with Crippen LogP contribution in [0.1, 0.15) is 35.7 Å². The Hall–Kier alpha value is -3.03. The second-order valence-corrected chi connectivity index (χ2v) is 9.67. The van der Waals surface area contributed by atoms with Gasteiger partial charge < -0.3 is 20.0 Å². The molecule has 2 atom stereocenters. The lowest BCUT2D eigenvalue weighted by atomic mass is 10.0. The molecule has 2 N–H and O–H groups in total. The minimum absolute atomic E-state index is 0. The average Bonchev–Trinajstić information content (AvgIpc) is 2.82. The maximum atomic E-state index is 12.9. The van der Waals surface area contributed by atoms with Crippen molar-refractivity contribution in [1.29, 1.82) is 0 Å². The summed E-state index contributed by atoms with van der Waals surface area (Å²) in [4.78, 5) is 26.5. The molecule has 34 heavy (non-hydrogen) atoms. The van der Waals surface area contributed by atoms with Gasteiger partial charge in [0.2, 0.25) is 0 Å². The zero-order valence-corrected chi connectivity index (χ0v) is 20.4. The number of piperazine rings is 1. The fourth-order valence-electron chi connectivity index (χ4n) is 4.64. The van der Waals surface area contributed by atoms with Crippen molar-refractivity contribution in [2.75, 3.05) is 31.1 Å². The van der Waals surface area contributed by atoms with Crippen LogP contribution in [-0.4, -0.2) is 69.4 Å². The summed E-state index contributed by atoms with van der Waals surface area (Å²) in [7, 11) is 0. The summed E-state index contributed by atoms with van der Waals surface area (Å²) in [5, 5.41) is 21.5. The number of anilines is 1. The first-order valence-corrected chi connectivity index (χ1v) is 12.0. The van der Waals surface area contributed by atoms with Gasteiger partial charge in [-0.1, -0.05) is 44.2 Å². The van der Waals surface area contributed by atoms with Crippen molar-refractivity contribution in [2.24, 2.45) is 5.92 Å². The molecule has 1 aliphatic rings. The van der Waals surface area contributed by atoms with Gasteiger partial charge >= 0.3 is 0 Å². The third-order valence-electron chi connectivity index (χ3n) is 6.47. The Kier molecular flexibility index (Phi) is 7.14. The number of hydrogen-bond acceptors (Lipinski definition) is 6. The predicted molar refractivity (Wildman–Crippen MR) is 141 cm³/mol. The number of hydrogen-bond donors (Lipinski definition) is 2. The minimum atomic E-state index is -1.05. The van der Waals surface area contributed by atoms with Gasteiger partial charge in [-0.2, -0.15) is 0 Å². The summed E-state index contributed by atoms with van der Waals surface area (Å²) in [5.74, 6) is 1.37. The second kappa shape index (κ2) is 10.1. The van der Waals surface area contributed by atoms with E-state index in [0.717, 1.165) is 33.4 Å². The van der Waals surface area contributed by atoms with Crippen LogP contribution in [0.2, 0.25) is 0 Å². The molecule has 0 unspecified atom stereocenters. The number of amides is 1. The van der Waals surface area contributed by atoms with Crippen molar-refractivity contribution in [1.82, 2.24) is 14.9 Å². The quantitative estimate of drug-likeness (QED) is 0.567. The van der Waals surface area contributed by atoms with Crippen LogP contribution >= 0.6 is 0 Å². The van der Waals surface area contributed by atoms with Crippen molar-refractivity contribution in [3.63, 3.8) is 0 Å². The number of aliphatic hydroxyl groups is 2. The van der Waals surface area contributed by atoms with Gasteiger partial charge in [0.15, 0.2) is 5.82 Å². The van der Waals surface area contributed by atoms with Crippen LogP contribution in [-0.2, 0) is 4.79 Å². The van der Waals surface area contributed by atoms with Gasteiger partial charge in [-0.15, -0.1) is 0 Å². The highest BCUT2D eigenvalue weighted by Crippen LogP contribution is 2.31. The first-order valence-electron chi connectivity index (χ1n) is 12.0. The summed E-state index contributed by atoms with van der Waals surface area (Å²) in [6, 6.07) is 13.8. The molecule has 7 nitrogen and oxygen atoms in total. The topological polar surface area (TPSA) is 89.8 Å². The molecule has 186 valence electrons. The largest absolute Gasteiger partial charge is 0.394 e. The lowest BCUT2D eigenvalue weighted by molar-refractivity contribution is -0.144. The Morgan fingerprint density at radius 3 is 2.62 bits per heavy atom. The standard InChI is InChI=1S/C27H34N4O3.3H2/c1-17(2)13-24(33)27(34)31-12-11-30(15-20(31)16-32)26-22-10-9-18(3)14-23(22)28-25(29-26)21-8-6-5-7-19(21)4;;;/h5-10,14,17,20,24,32-33H,11-13,15-16H2,1-4H3;3*1H/t20-,24-;;;/m1.../s1. The van der Waals surface area contributed by atoms with Gasteiger partial charge in [0, 0.05) is 34.9 Å². The zero-order valence-electron chi connectivity index (χ0n) is 20.4. The van der Waals surface area contributed by atoms with Crippen LogP contribution in [0.15, 0.2) is 42.5 Å². The fraction of sp³-hybridized carbons (Fsp3) is 0.444. The Morgan fingerprint density at radius 2 is 1.91 bits per heavy atom. The van der Waals surface area contributed by atoms with E-state index in [2.05, 4.69) is 11.0 Å². The second-order valence-electron chi connectivity index (χ2n) is 9.67. The molecule has 1 amide bonds. The molecule has 3 aromatic rings. The van der Waals surface area contributed by atoms with E-state index in [-0.39, 0.29) is 22.7 Å². The van der Waals surface area contributed by atoms with Gasteiger partial charge in [-0.3, -0.25) is 4.79 Å². The molecule has 0 radical (unpaired) electrons. The number of nitrogens with zero attached hydrogens (tertiary/aromatic N) is 4. The summed E-state index contributed by atoms with van der Waals surface area (Å²) in [5.41, 5.74) is 4.07. The number of aromatic nitrogens is 2. The summed E-state index contributed by atoms with van der Waals surface area (Å²) >= 11 is 0. The van der Waals surface area contributed by atoms with E-state index in [1.54, 1.807) is 4.90 Å². The van der Waals surface area contributed by atoms with Gasteiger partial charge in [0.05, 0.1) is 18.2 Å². The third-order valence-corrected chi connectivity index (χ3v) is 6.47. The van der Waals surface area contributed by atoms with E-state index in [0.29, 0.717) is 31.9 Å². The number of aliphatic hydroxyl groups excluding tert-OH is 2. The Balaban J connectivity index is 0.00000228. The van der Waals surface area contributed by atoms with Crippen LogP contribution in [0.3, 0.4) is 0 Å². The maximum Gasteiger partial charge on any atom is 0.251 e. The van der Waals surface area contributed by atoms with Crippen LogP contribution in [0.5, 0.6) is 0 Å². The van der Waals surface area contributed by atoms with E-state index < -0.39 is 12.1 Å². The molecule has 0 bridgehead atoms. The third kappa shape index (κ3) is 4.91. The molecule has 0 saturated carbocycles. The van der Waals surface area contributed by atoms with Crippen molar-refractivity contribution >= 4 is 22.6 Å². The number of carbonyl (C=O) groups excluding carboxylic acids is 1. The van der Waals surface area contributed by atoms with Gasteiger partial charge in [-0.05, 0) is 49.4 Å². The lowest BCUT2D eigenvalue weighted by Crippen LogP contribution is -2.59. The molecular weight excluding hydrogens is 428 g/mol. The fourth-order valence-corrected chi connectivity index (χ4v) is 4.64. The van der Waals surface area contributed by atoms with Crippen molar-refractivity contribution < 1.29 is 19.3 Å². The van der Waals surface area contributed by atoms with Crippen molar-refractivity contribution in [3.05, 3.63) is 53.6 Å². The molecule has 1 fully saturated rings. The van der Waals surface area contributed by atoms with E-state index >= 15 is 0 Å². The van der Waals surface area contributed by atoms with Crippen LogP contribution in [0.25, 0.3) is 22.3 Å². The van der Waals surface area contributed by atoms with Crippen molar-refractivity contribution in [2.45, 2.75) is 46.3 Å². The van der Waals surface area contributed by atoms with Gasteiger partial charge in [0.1, 0.15) is 11.9 Å². The molecule has 0 spiro atoms. The Bertz CT molecular complexity index is 1190. The SMILES string of the molecule is Cc1ccc2c(N3CCN(C(=O)[C@H](O)CC(C)C)[C@@H](CO)C3)nc(-c3ccccc3C)nc2c1.[HH].[HH].[HH]. The molecule has 4 rings (SSSR count). The Labute approximate surface area is 205 Å². The first-order chi connectivity index (χ1) is 16.3. The highest BCUT2D eigenvalue weighted by atomic mass is 16.3. The first kappa shape index (κ1) is 24.1. The van der Waals surface area contributed by atoms with E-state index in [1.807, 2.05) is 64.1 Å². The maximum absolute atomic E-state index is 12.9. The molecule has 2 aromatic carbocycles. The molecule has 0 aliphatic carbocycles. The number of rotatable bonds is 6. The van der Waals surface area contributed by atoms with E-state index in [1.165, 1.54) is 0 Å². The number of aryl methyl sites for hydroxylation is 2.